The summed E-state index contributed by atoms with van der Waals surface area (Å²) >= 11 is 0.145. The molecular weight excluding hydrogens is 491 g/mol. The van der Waals surface area contributed by atoms with Gasteiger partial charge in [0.05, 0.1) is 6.20 Å². The summed E-state index contributed by atoms with van der Waals surface area (Å²) in [6, 6.07) is 1.42. The molecule has 15 heteroatoms. The number of carbonyl (C=O) groups excluding carboxylic acids is 2. The molecule has 3 rings (SSSR count). The van der Waals surface area contributed by atoms with Crippen LogP contribution in [0.1, 0.15) is 56.5 Å². The van der Waals surface area contributed by atoms with Gasteiger partial charge in [-0.3, -0.25) is 9.89 Å². The summed E-state index contributed by atoms with van der Waals surface area (Å²) in [7, 11) is 0. The summed E-state index contributed by atoms with van der Waals surface area (Å²) in [5.41, 5.74) is -2.43. The van der Waals surface area contributed by atoms with Crippen molar-refractivity contribution in [2.75, 3.05) is 18.4 Å². The van der Waals surface area contributed by atoms with Crippen LogP contribution in [-0.2, 0) is 21.3 Å². The van der Waals surface area contributed by atoms with E-state index in [0.717, 1.165) is 12.8 Å². The minimum absolute atomic E-state index is 0.129. The zero-order valence-corrected chi connectivity index (χ0v) is 20.3. The van der Waals surface area contributed by atoms with Crippen LogP contribution in [-0.4, -0.2) is 61.8 Å². The molecule has 2 aromatic rings. The summed E-state index contributed by atoms with van der Waals surface area (Å²) in [6.07, 6.45) is -4.73. The van der Waals surface area contributed by atoms with Crippen LogP contribution in [0.25, 0.3) is 0 Å². The van der Waals surface area contributed by atoms with Crippen LogP contribution < -0.4 is 10.6 Å². The number of aliphatic hydroxyl groups is 1. The molecule has 194 valence electrons. The highest BCUT2D eigenvalue weighted by Crippen LogP contribution is 2.40. The largest absolute Gasteiger partial charge is 0.445 e. The van der Waals surface area contributed by atoms with Gasteiger partial charge in [0.1, 0.15) is 16.4 Å². The van der Waals surface area contributed by atoms with Gasteiger partial charge in [0.25, 0.3) is 5.91 Å². The van der Waals surface area contributed by atoms with Crippen molar-refractivity contribution in [1.82, 2.24) is 30.8 Å². The van der Waals surface area contributed by atoms with E-state index in [1.54, 1.807) is 0 Å². The van der Waals surface area contributed by atoms with Gasteiger partial charge in [-0.15, -0.1) is 15.3 Å². The third-order valence-corrected chi connectivity index (χ3v) is 6.54. The number of rotatable bonds is 8. The van der Waals surface area contributed by atoms with E-state index >= 15 is 0 Å². The van der Waals surface area contributed by atoms with Crippen LogP contribution in [0.15, 0.2) is 12.3 Å². The summed E-state index contributed by atoms with van der Waals surface area (Å²) in [4.78, 5) is 31.2. The van der Waals surface area contributed by atoms with E-state index in [1.807, 2.05) is 20.8 Å². The van der Waals surface area contributed by atoms with Gasteiger partial charge in [-0.2, -0.15) is 18.3 Å². The van der Waals surface area contributed by atoms with Crippen LogP contribution in [0.3, 0.4) is 0 Å². The SMILES string of the molecule is CC(C)(C)CC[C@@](NC(=O)ON1CCCC1)(c1nnc(C(F)(F)F)s1)C(O)C(=O)Nc1ccn[nH]1. The zero-order valence-electron chi connectivity index (χ0n) is 19.5. The molecule has 0 aliphatic carbocycles. The molecule has 1 fully saturated rings. The predicted molar refractivity (Wildman–Crippen MR) is 119 cm³/mol. The Labute approximate surface area is 203 Å². The second-order valence-electron chi connectivity index (χ2n) is 9.44. The molecule has 0 saturated carbocycles. The van der Waals surface area contributed by atoms with Gasteiger partial charge >= 0.3 is 12.3 Å². The number of hydrogen-bond donors (Lipinski definition) is 4. The molecule has 1 unspecified atom stereocenters. The number of nitrogens with zero attached hydrogens (tertiary/aromatic N) is 4. The maximum absolute atomic E-state index is 13.3. The first-order valence-electron chi connectivity index (χ1n) is 10.9. The number of H-pyrrole nitrogens is 1. The Kier molecular flexibility index (Phi) is 8.01. The smallest absolute Gasteiger partial charge is 0.380 e. The fourth-order valence-corrected chi connectivity index (χ4v) is 4.40. The first kappa shape index (κ1) is 26.8. The Hall–Kier alpha value is -2.78. The fourth-order valence-electron chi connectivity index (χ4n) is 3.49. The lowest BCUT2D eigenvalue weighted by Gasteiger charge is -2.37. The van der Waals surface area contributed by atoms with Crippen molar-refractivity contribution in [3.05, 3.63) is 22.3 Å². The van der Waals surface area contributed by atoms with E-state index < -0.39 is 34.8 Å². The molecule has 4 N–H and O–H groups in total. The lowest BCUT2D eigenvalue weighted by molar-refractivity contribution is -0.138. The van der Waals surface area contributed by atoms with E-state index in [-0.39, 0.29) is 34.0 Å². The molecule has 1 saturated heterocycles. The first-order valence-corrected chi connectivity index (χ1v) is 11.8. The number of carbonyl (C=O) groups is 2. The Morgan fingerprint density at radius 1 is 1.20 bits per heavy atom. The lowest BCUT2D eigenvalue weighted by atomic mass is 9.80. The fraction of sp³-hybridized carbons (Fsp3) is 0.650. The zero-order chi connectivity index (χ0) is 25.9. The van der Waals surface area contributed by atoms with Crippen molar-refractivity contribution in [1.29, 1.82) is 0 Å². The number of alkyl halides is 3. The molecule has 0 spiro atoms. The average Bonchev–Trinajstić information content (AvgIpc) is 3.51. The van der Waals surface area contributed by atoms with Gasteiger partial charge in [0.2, 0.25) is 5.01 Å². The Balaban J connectivity index is 2.01. The van der Waals surface area contributed by atoms with E-state index in [2.05, 4.69) is 31.0 Å². The van der Waals surface area contributed by atoms with Gasteiger partial charge < -0.3 is 20.6 Å². The summed E-state index contributed by atoms with van der Waals surface area (Å²) in [5.74, 6) is -0.847. The number of halogens is 3. The molecular formula is C20H28F3N7O4S. The third-order valence-electron chi connectivity index (χ3n) is 5.39. The van der Waals surface area contributed by atoms with E-state index in [4.69, 9.17) is 4.84 Å². The molecule has 2 atom stereocenters. The second-order valence-corrected chi connectivity index (χ2v) is 10.4. The molecule has 1 aliphatic heterocycles. The van der Waals surface area contributed by atoms with Crippen LogP contribution >= 0.6 is 11.3 Å². The van der Waals surface area contributed by atoms with Gasteiger partial charge in [-0.05, 0) is 31.1 Å². The highest BCUT2D eigenvalue weighted by atomic mass is 32.1. The topological polar surface area (TPSA) is 145 Å². The number of hydroxylamine groups is 2. The number of aliphatic hydroxyl groups excluding tert-OH is 1. The maximum atomic E-state index is 13.3. The number of aromatic nitrogens is 4. The van der Waals surface area contributed by atoms with Crippen molar-refractivity contribution in [2.24, 2.45) is 5.41 Å². The molecule has 35 heavy (non-hydrogen) atoms. The van der Waals surface area contributed by atoms with E-state index in [9.17, 15) is 27.9 Å². The molecule has 2 aromatic heterocycles. The van der Waals surface area contributed by atoms with Crippen molar-refractivity contribution in [3.63, 3.8) is 0 Å². The first-order chi connectivity index (χ1) is 16.3. The molecule has 0 aromatic carbocycles. The minimum Gasteiger partial charge on any atom is -0.380 e. The van der Waals surface area contributed by atoms with Crippen LogP contribution in [0.4, 0.5) is 23.8 Å². The van der Waals surface area contributed by atoms with Gasteiger partial charge in [0, 0.05) is 19.2 Å². The van der Waals surface area contributed by atoms with Crippen LogP contribution in [0.2, 0.25) is 0 Å². The quantitative estimate of drug-likeness (QED) is 0.416. The molecule has 11 nitrogen and oxygen atoms in total. The Bertz CT molecular complexity index is 1000. The Morgan fingerprint density at radius 2 is 1.86 bits per heavy atom. The van der Waals surface area contributed by atoms with E-state index in [1.165, 1.54) is 17.3 Å². The molecule has 1 aliphatic rings. The van der Waals surface area contributed by atoms with Crippen molar-refractivity contribution in [3.8, 4) is 0 Å². The number of amides is 2. The highest BCUT2D eigenvalue weighted by Gasteiger charge is 2.50. The van der Waals surface area contributed by atoms with Crippen LogP contribution in [0.5, 0.6) is 0 Å². The highest BCUT2D eigenvalue weighted by molar-refractivity contribution is 7.11. The Morgan fingerprint density at radius 3 is 2.40 bits per heavy atom. The van der Waals surface area contributed by atoms with Gasteiger partial charge in [-0.1, -0.05) is 32.1 Å². The number of nitrogens with one attached hydrogen (secondary N) is 3. The number of anilines is 1. The third kappa shape index (κ3) is 6.89. The summed E-state index contributed by atoms with van der Waals surface area (Å²) in [6.45, 7) is 6.60. The van der Waals surface area contributed by atoms with Crippen molar-refractivity contribution >= 4 is 29.2 Å². The summed E-state index contributed by atoms with van der Waals surface area (Å²) < 4.78 is 40.0. The van der Waals surface area contributed by atoms with Gasteiger partial charge in [-0.25, -0.2) is 4.79 Å². The maximum Gasteiger partial charge on any atom is 0.445 e. The number of aromatic amines is 1. The normalized spacial score (nSPS) is 17.6. The van der Waals surface area contributed by atoms with Crippen molar-refractivity contribution < 1.29 is 32.7 Å². The second kappa shape index (κ2) is 10.5. The summed E-state index contributed by atoms with van der Waals surface area (Å²) in [5, 5.41) is 28.9. The molecule has 0 bridgehead atoms. The minimum atomic E-state index is -4.80. The molecule has 3 heterocycles. The van der Waals surface area contributed by atoms with Crippen LogP contribution in [0, 0.1) is 5.41 Å². The number of hydrogen-bond acceptors (Lipinski definition) is 9. The van der Waals surface area contributed by atoms with E-state index in [0.29, 0.717) is 19.5 Å². The predicted octanol–water partition coefficient (Wildman–Crippen LogP) is 3.04. The monoisotopic (exact) mass is 519 g/mol. The lowest BCUT2D eigenvalue weighted by Crippen LogP contribution is -2.59. The molecule has 2 amide bonds. The standard InChI is InChI=1S/C20H28F3N7O4S/c1-18(2,3)7-8-19(15-28-29-16(35-15)20(21,22)23,26-17(33)34-30-10-4-5-11-30)13(31)14(32)25-12-6-9-24-27-12/h6,9,13,31H,4-5,7-8,10-11H2,1-3H3,(H,26,33)(H2,24,25,27,32)/t13?,19-/m0/s1. The average molecular weight is 520 g/mol. The van der Waals surface area contributed by atoms with Gasteiger partial charge in [0.15, 0.2) is 6.10 Å². The van der Waals surface area contributed by atoms with Crippen molar-refractivity contribution in [2.45, 2.75) is 64.3 Å². The molecule has 0 radical (unpaired) electrons.